The van der Waals surface area contributed by atoms with Gasteiger partial charge in [-0.15, -0.1) is 0 Å². The Morgan fingerprint density at radius 3 is 2.57 bits per heavy atom. The molecule has 4 aromatic heterocycles. The average Bonchev–Trinajstić information content (AvgIpc) is 3.43. The topological polar surface area (TPSA) is 106 Å². The molecule has 1 fully saturated rings. The summed E-state index contributed by atoms with van der Waals surface area (Å²) in [6.45, 7) is 2.41. The van der Waals surface area contributed by atoms with Crippen molar-refractivity contribution in [3.63, 3.8) is 0 Å². The molecule has 0 saturated carbocycles. The van der Waals surface area contributed by atoms with Crippen molar-refractivity contribution in [2.75, 3.05) is 36.5 Å². The minimum absolute atomic E-state index is 0.212. The minimum atomic E-state index is -0.594. The number of hydrogen-bond acceptors (Lipinski definition) is 7. The summed E-state index contributed by atoms with van der Waals surface area (Å²) in [5, 5.41) is 14.5. The number of morpholine rings is 1. The fourth-order valence-electron chi connectivity index (χ4n) is 5.83. The van der Waals surface area contributed by atoms with E-state index in [1.54, 1.807) is 54.4 Å². The molecule has 44 heavy (non-hydrogen) atoms. The summed E-state index contributed by atoms with van der Waals surface area (Å²) in [6, 6.07) is 17.3. The van der Waals surface area contributed by atoms with Crippen LogP contribution in [0.2, 0.25) is 0 Å². The van der Waals surface area contributed by atoms with Crippen LogP contribution >= 0.6 is 0 Å². The van der Waals surface area contributed by atoms with Crippen LogP contribution in [-0.4, -0.2) is 49.9 Å². The zero-order valence-electron chi connectivity index (χ0n) is 23.9. The van der Waals surface area contributed by atoms with Gasteiger partial charge >= 0.3 is 0 Å². The molecule has 11 heteroatoms. The molecule has 0 spiro atoms. The molecule has 1 aliphatic heterocycles. The van der Waals surface area contributed by atoms with Crippen LogP contribution < -0.4 is 21.3 Å². The number of para-hydroxylation sites is 1. The number of aliphatic hydroxyl groups excluding tert-OH is 1. The van der Waals surface area contributed by atoms with Gasteiger partial charge in [-0.3, -0.25) is 14.2 Å². The third kappa shape index (κ3) is 4.81. The van der Waals surface area contributed by atoms with Gasteiger partial charge in [-0.05, 0) is 48.0 Å². The summed E-state index contributed by atoms with van der Waals surface area (Å²) in [5.74, 6) is -0.124. The fraction of sp³-hybridized carbons (Fsp3) is 0.182. The minimum Gasteiger partial charge on any atom is -0.392 e. The van der Waals surface area contributed by atoms with Gasteiger partial charge in [0.25, 0.3) is 11.1 Å². The monoisotopic (exact) mass is 592 g/mol. The summed E-state index contributed by atoms with van der Waals surface area (Å²) in [7, 11) is 1.60. The van der Waals surface area contributed by atoms with Gasteiger partial charge in [-0.25, -0.2) is 9.37 Å². The lowest BCUT2D eigenvalue weighted by atomic mass is 9.98. The Kier molecular flexibility index (Phi) is 6.96. The number of aliphatic hydroxyl groups is 1. The Morgan fingerprint density at radius 1 is 0.977 bits per heavy atom. The molecule has 2 aromatic carbocycles. The van der Waals surface area contributed by atoms with E-state index in [9.17, 15) is 14.7 Å². The highest BCUT2D eigenvalue weighted by Crippen LogP contribution is 2.31. The first kappa shape index (κ1) is 27.6. The summed E-state index contributed by atoms with van der Waals surface area (Å²) in [5.41, 5.74) is 3.20. The Morgan fingerprint density at radius 2 is 1.80 bits per heavy atom. The van der Waals surface area contributed by atoms with Crippen LogP contribution in [-0.2, 0) is 18.4 Å². The number of rotatable bonds is 6. The Labute approximate surface area is 250 Å². The number of nitrogens with zero attached hydrogens (tertiary/aromatic N) is 5. The molecular weight excluding hydrogens is 563 g/mol. The van der Waals surface area contributed by atoms with Crippen LogP contribution in [0, 0.1) is 5.82 Å². The molecule has 0 unspecified atom stereocenters. The van der Waals surface area contributed by atoms with Gasteiger partial charge in [-0.1, -0.05) is 18.2 Å². The van der Waals surface area contributed by atoms with Crippen LogP contribution in [0.25, 0.3) is 33.2 Å². The maximum atomic E-state index is 15.2. The molecule has 0 amide bonds. The number of aromatic nitrogens is 4. The predicted octanol–water partition coefficient (Wildman–Crippen LogP) is 4.22. The maximum Gasteiger partial charge on any atom is 0.279 e. The highest BCUT2D eigenvalue weighted by Gasteiger charge is 2.19. The first-order valence-electron chi connectivity index (χ1n) is 14.2. The van der Waals surface area contributed by atoms with E-state index in [0.29, 0.717) is 41.2 Å². The second kappa shape index (κ2) is 11.1. The average molecular weight is 593 g/mol. The third-order valence-electron chi connectivity index (χ3n) is 8.04. The number of benzene rings is 2. The van der Waals surface area contributed by atoms with Crippen molar-refractivity contribution in [3.8, 4) is 16.8 Å². The van der Waals surface area contributed by atoms with Gasteiger partial charge in [-0.2, -0.15) is 0 Å². The van der Waals surface area contributed by atoms with Crippen molar-refractivity contribution in [3.05, 3.63) is 118 Å². The van der Waals surface area contributed by atoms with Crippen LogP contribution in [0.15, 0.2) is 95.0 Å². The van der Waals surface area contributed by atoms with E-state index in [1.165, 1.54) is 21.3 Å². The van der Waals surface area contributed by atoms with E-state index < -0.39 is 12.4 Å². The number of fused-ring (bicyclic) bond motifs is 3. The van der Waals surface area contributed by atoms with Gasteiger partial charge < -0.3 is 29.0 Å². The molecule has 2 N–H and O–H groups in total. The number of nitrogens with one attached hydrogen (secondary N) is 1. The quantitative estimate of drug-likeness (QED) is 0.299. The second-order valence-electron chi connectivity index (χ2n) is 10.7. The molecule has 0 bridgehead atoms. The molecule has 1 aliphatic rings. The molecule has 0 aliphatic carbocycles. The van der Waals surface area contributed by atoms with Gasteiger partial charge in [0.2, 0.25) is 0 Å². The number of aryl methyl sites for hydroxylation is 1. The zero-order chi connectivity index (χ0) is 30.4. The van der Waals surface area contributed by atoms with Gasteiger partial charge in [0.1, 0.15) is 22.8 Å². The van der Waals surface area contributed by atoms with E-state index in [1.807, 2.05) is 30.3 Å². The summed E-state index contributed by atoms with van der Waals surface area (Å²) < 4.78 is 25.2. The predicted molar refractivity (Wildman–Crippen MR) is 168 cm³/mol. The lowest BCUT2D eigenvalue weighted by Crippen LogP contribution is -2.36. The van der Waals surface area contributed by atoms with Gasteiger partial charge in [0, 0.05) is 55.2 Å². The van der Waals surface area contributed by atoms with Crippen molar-refractivity contribution in [1.82, 2.24) is 18.5 Å². The van der Waals surface area contributed by atoms with Crippen LogP contribution in [0.5, 0.6) is 0 Å². The first-order chi connectivity index (χ1) is 21.4. The molecule has 5 heterocycles. The molecule has 0 radical (unpaired) electrons. The van der Waals surface area contributed by atoms with E-state index in [0.717, 1.165) is 29.7 Å². The SMILES string of the molecule is Cn1cc(-c2cc(F)cc(-n3ccn4c(cc5ccccc54)c3=O)c2CO)cc(Nc2ccc(N3CCOCC3)cn2)c1=O. The van der Waals surface area contributed by atoms with Gasteiger partial charge in [0.05, 0.1) is 42.9 Å². The standard InChI is InChI=1S/C33H29FN6O4/c1-37-19-22(14-27(32(37)42)36-31-7-6-24(18-35-31)38-10-12-44-13-11-38)25-16-23(34)17-29(26(25)20-41)40-9-8-39-28-5-3-2-4-21(28)15-30(39)33(40)43/h2-9,14-19,41H,10-13,20H2,1H3,(H,35,36). The number of anilines is 3. The van der Waals surface area contributed by atoms with Crippen molar-refractivity contribution >= 4 is 33.6 Å². The Hall–Kier alpha value is -5.26. The Bertz CT molecular complexity index is 2150. The molecular formula is C33H29FN6O4. The van der Waals surface area contributed by atoms with Crippen molar-refractivity contribution in [2.24, 2.45) is 7.05 Å². The lowest BCUT2D eigenvalue weighted by molar-refractivity contribution is 0.122. The first-order valence-corrected chi connectivity index (χ1v) is 14.2. The molecule has 1 saturated heterocycles. The smallest absolute Gasteiger partial charge is 0.279 e. The zero-order valence-corrected chi connectivity index (χ0v) is 23.9. The van der Waals surface area contributed by atoms with E-state index in [-0.39, 0.29) is 22.5 Å². The van der Waals surface area contributed by atoms with Crippen molar-refractivity contribution < 1.29 is 14.2 Å². The number of halogens is 1. The molecule has 222 valence electrons. The van der Waals surface area contributed by atoms with E-state index >= 15 is 4.39 Å². The van der Waals surface area contributed by atoms with E-state index in [4.69, 9.17) is 4.74 Å². The highest BCUT2D eigenvalue weighted by molar-refractivity contribution is 5.87. The van der Waals surface area contributed by atoms with Crippen molar-refractivity contribution in [2.45, 2.75) is 6.61 Å². The lowest BCUT2D eigenvalue weighted by Gasteiger charge is -2.28. The van der Waals surface area contributed by atoms with Crippen LogP contribution in [0.3, 0.4) is 0 Å². The summed E-state index contributed by atoms with van der Waals surface area (Å²) in [6.07, 6.45) is 6.63. The van der Waals surface area contributed by atoms with Crippen molar-refractivity contribution in [1.29, 1.82) is 0 Å². The summed E-state index contributed by atoms with van der Waals surface area (Å²) in [4.78, 5) is 33.4. The second-order valence-corrected chi connectivity index (χ2v) is 10.7. The Balaban J connectivity index is 1.29. The largest absolute Gasteiger partial charge is 0.392 e. The summed E-state index contributed by atoms with van der Waals surface area (Å²) >= 11 is 0. The number of hydrogen-bond donors (Lipinski definition) is 2. The normalized spacial score (nSPS) is 13.6. The molecule has 10 nitrogen and oxygen atoms in total. The van der Waals surface area contributed by atoms with Crippen LogP contribution in [0.1, 0.15) is 5.56 Å². The van der Waals surface area contributed by atoms with E-state index in [2.05, 4.69) is 15.2 Å². The molecule has 6 aromatic rings. The fourth-order valence-corrected chi connectivity index (χ4v) is 5.83. The van der Waals surface area contributed by atoms with Crippen LogP contribution in [0.4, 0.5) is 21.6 Å². The number of ether oxygens (including phenoxy) is 1. The number of pyridine rings is 2. The third-order valence-corrected chi connectivity index (χ3v) is 8.04. The highest BCUT2D eigenvalue weighted by atomic mass is 19.1. The van der Waals surface area contributed by atoms with Gasteiger partial charge in [0.15, 0.2) is 0 Å². The molecule has 0 atom stereocenters. The maximum absolute atomic E-state index is 15.2. The molecule has 7 rings (SSSR count).